The first-order valence-corrected chi connectivity index (χ1v) is 10.7. The van der Waals surface area contributed by atoms with Crippen LogP contribution in [0.5, 0.6) is 11.5 Å². The largest absolute Gasteiger partial charge is 0.486 e. The Balaban J connectivity index is 1.57. The lowest BCUT2D eigenvalue weighted by Gasteiger charge is -2.23. The van der Waals surface area contributed by atoms with Crippen LogP contribution in [0.3, 0.4) is 0 Å². The fourth-order valence-corrected chi connectivity index (χ4v) is 4.69. The van der Waals surface area contributed by atoms with Gasteiger partial charge in [-0.25, -0.2) is 0 Å². The standard InChI is InChI=1S/C23H22N2O2S/c1-2-18-17-13-22-23(27-12-11-26-22)14-21(17)25-10-6-9-20(25)19(24-18)15-28-16-7-4-3-5-8-16/h3-10,13-14,18H,2,11-12,15H2,1H3. The molecule has 4 nitrogen and oxygen atoms in total. The Kier molecular flexibility index (Phi) is 4.61. The number of thioether (sulfide) groups is 1. The highest BCUT2D eigenvalue weighted by Crippen LogP contribution is 2.41. The van der Waals surface area contributed by atoms with Crippen LogP contribution in [0, 0.1) is 0 Å². The van der Waals surface area contributed by atoms with Gasteiger partial charge < -0.3 is 14.0 Å². The second-order valence-electron chi connectivity index (χ2n) is 6.92. The monoisotopic (exact) mass is 390 g/mol. The van der Waals surface area contributed by atoms with Gasteiger partial charge in [0.15, 0.2) is 11.5 Å². The quantitative estimate of drug-likeness (QED) is 0.568. The summed E-state index contributed by atoms with van der Waals surface area (Å²) in [6.07, 6.45) is 3.06. The molecule has 0 spiro atoms. The normalized spacial score (nSPS) is 17.3. The number of hydrogen-bond donors (Lipinski definition) is 0. The fraction of sp³-hybridized carbons (Fsp3) is 0.261. The molecule has 5 heteroatoms. The van der Waals surface area contributed by atoms with E-state index in [1.54, 1.807) is 0 Å². The van der Waals surface area contributed by atoms with Crippen molar-refractivity contribution in [3.8, 4) is 17.2 Å². The number of aromatic nitrogens is 1. The van der Waals surface area contributed by atoms with Gasteiger partial charge in [-0.05, 0) is 36.8 Å². The SMILES string of the molecule is CCC1N=C(CSc2ccccc2)c2cccn2-c2cc3c(cc21)OCCO3. The van der Waals surface area contributed by atoms with Crippen molar-refractivity contribution in [1.82, 2.24) is 4.57 Å². The van der Waals surface area contributed by atoms with Gasteiger partial charge in [-0.2, -0.15) is 0 Å². The van der Waals surface area contributed by atoms with E-state index in [4.69, 9.17) is 14.5 Å². The van der Waals surface area contributed by atoms with Crippen molar-refractivity contribution in [3.63, 3.8) is 0 Å². The fourth-order valence-electron chi connectivity index (χ4n) is 3.81. The van der Waals surface area contributed by atoms with Crippen LogP contribution in [-0.4, -0.2) is 29.2 Å². The maximum absolute atomic E-state index is 5.84. The van der Waals surface area contributed by atoms with Crippen molar-refractivity contribution >= 4 is 17.5 Å². The molecule has 3 heterocycles. The second-order valence-corrected chi connectivity index (χ2v) is 7.97. The molecule has 0 amide bonds. The van der Waals surface area contributed by atoms with Gasteiger partial charge in [0.25, 0.3) is 0 Å². The molecule has 1 atom stereocenters. The Bertz CT molecular complexity index is 1030. The number of fused-ring (bicyclic) bond motifs is 4. The van der Waals surface area contributed by atoms with Crippen LogP contribution in [0.2, 0.25) is 0 Å². The molecular formula is C23H22N2O2S. The highest BCUT2D eigenvalue weighted by atomic mass is 32.2. The predicted octanol–water partition coefficient (Wildman–Crippen LogP) is 5.29. The molecule has 0 saturated heterocycles. The Morgan fingerprint density at radius 1 is 1.04 bits per heavy atom. The Morgan fingerprint density at radius 2 is 1.82 bits per heavy atom. The second kappa shape index (κ2) is 7.40. The number of aliphatic imine (C=N–C) groups is 1. The van der Waals surface area contributed by atoms with Gasteiger partial charge in [-0.1, -0.05) is 25.1 Å². The smallest absolute Gasteiger partial charge is 0.163 e. The highest BCUT2D eigenvalue weighted by Gasteiger charge is 2.26. The van der Waals surface area contributed by atoms with E-state index in [2.05, 4.69) is 66.2 Å². The molecule has 0 bridgehead atoms. The van der Waals surface area contributed by atoms with Gasteiger partial charge in [0, 0.05) is 28.5 Å². The van der Waals surface area contributed by atoms with Crippen LogP contribution in [0.15, 0.2) is 70.7 Å². The average Bonchev–Trinajstić information content (AvgIpc) is 3.19. The van der Waals surface area contributed by atoms with Gasteiger partial charge >= 0.3 is 0 Å². The van der Waals surface area contributed by atoms with Gasteiger partial charge in [0.05, 0.1) is 23.1 Å². The predicted molar refractivity (Wildman–Crippen MR) is 113 cm³/mol. The van der Waals surface area contributed by atoms with Crippen LogP contribution < -0.4 is 9.47 Å². The molecule has 2 aromatic carbocycles. The van der Waals surface area contributed by atoms with E-state index in [1.807, 2.05) is 17.8 Å². The molecule has 0 N–H and O–H groups in total. The Morgan fingerprint density at radius 3 is 2.61 bits per heavy atom. The van der Waals surface area contributed by atoms with Crippen LogP contribution in [0.25, 0.3) is 5.69 Å². The summed E-state index contributed by atoms with van der Waals surface area (Å²) in [7, 11) is 0. The van der Waals surface area contributed by atoms with Crippen molar-refractivity contribution in [3.05, 3.63) is 72.1 Å². The highest BCUT2D eigenvalue weighted by molar-refractivity contribution is 8.00. The van der Waals surface area contributed by atoms with Gasteiger partial charge in [-0.15, -0.1) is 11.8 Å². The van der Waals surface area contributed by atoms with Crippen molar-refractivity contribution in [1.29, 1.82) is 0 Å². The summed E-state index contributed by atoms with van der Waals surface area (Å²) < 4.78 is 13.9. The van der Waals surface area contributed by atoms with Crippen molar-refractivity contribution in [2.75, 3.05) is 19.0 Å². The summed E-state index contributed by atoms with van der Waals surface area (Å²) in [5.41, 5.74) is 4.61. The zero-order valence-corrected chi connectivity index (χ0v) is 16.6. The van der Waals surface area contributed by atoms with Gasteiger partial charge in [0.1, 0.15) is 13.2 Å². The first-order chi connectivity index (χ1) is 13.8. The minimum atomic E-state index is 0.108. The van der Waals surface area contributed by atoms with Crippen LogP contribution in [0.1, 0.15) is 30.6 Å². The minimum absolute atomic E-state index is 0.108. The first-order valence-electron chi connectivity index (χ1n) is 9.69. The van der Waals surface area contributed by atoms with Crippen molar-refractivity contribution in [2.45, 2.75) is 24.3 Å². The van der Waals surface area contributed by atoms with Crippen LogP contribution in [0.4, 0.5) is 0 Å². The molecule has 0 aliphatic carbocycles. The van der Waals surface area contributed by atoms with Crippen LogP contribution >= 0.6 is 11.8 Å². The topological polar surface area (TPSA) is 35.8 Å². The lowest BCUT2D eigenvalue weighted by molar-refractivity contribution is 0.171. The summed E-state index contributed by atoms with van der Waals surface area (Å²) in [4.78, 5) is 6.45. The molecule has 1 unspecified atom stereocenters. The summed E-state index contributed by atoms with van der Waals surface area (Å²) in [5, 5.41) is 0. The summed E-state index contributed by atoms with van der Waals surface area (Å²) >= 11 is 1.83. The molecule has 0 saturated carbocycles. The van der Waals surface area contributed by atoms with Crippen molar-refractivity contribution in [2.24, 2.45) is 4.99 Å². The number of hydrogen-bond acceptors (Lipinski definition) is 4. The third-order valence-corrected chi connectivity index (χ3v) is 6.19. The van der Waals surface area contributed by atoms with E-state index < -0.39 is 0 Å². The molecule has 2 aliphatic heterocycles. The summed E-state index contributed by atoms with van der Waals surface area (Å²) in [6.45, 7) is 3.38. The number of benzene rings is 2. The maximum Gasteiger partial charge on any atom is 0.163 e. The lowest BCUT2D eigenvalue weighted by Crippen LogP contribution is -2.16. The molecular weight excluding hydrogens is 368 g/mol. The first kappa shape index (κ1) is 17.4. The molecule has 2 aliphatic rings. The molecule has 5 rings (SSSR count). The molecule has 28 heavy (non-hydrogen) atoms. The van der Waals surface area contributed by atoms with E-state index in [1.165, 1.54) is 10.5 Å². The van der Waals surface area contributed by atoms with E-state index in [0.29, 0.717) is 13.2 Å². The zero-order chi connectivity index (χ0) is 18.9. The van der Waals surface area contributed by atoms with Crippen molar-refractivity contribution < 1.29 is 9.47 Å². The van der Waals surface area contributed by atoms with E-state index >= 15 is 0 Å². The van der Waals surface area contributed by atoms with E-state index in [9.17, 15) is 0 Å². The molecule has 0 radical (unpaired) electrons. The molecule has 0 fully saturated rings. The van der Waals surface area contributed by atoms with Gasteiger partial charge in [0.2, 0.25) is 0 Å². The van der Waals surface area contributed by atoms with Gasteiger partial charge in [-0.3, -0.25) is 4.99 Å². The van der Waals surface area contributed by atoms with Crippen LogP contribution in [-0.2, 0) is 0 Å². The van der Waals surface area contributed by atoms with E-state index in [-0.39, 0.29) is 6.04 Å². The Labute approximate surface area is 169 Å². The third kappa shape index (κ3) is 3.10. The minimum Gasteiger partial charge on any atom is -0.486 e. The third-order valence-electron chi connectivity index (χ3n) is 5.17. The molecule has 3 aromatic rings. The average molecular weight is 391 g/mol. The Hall–Kier alpha value is -2.66. The number of rotatable bonds is 4. The zero-order valence-electron chi connectivity index (χ0n) is 15.8. The summed E-state index contributed by atoms with van der Waals surface area (Å²) in [5.74, 6) is 2.49. The number of nitrogens with zero attached hydrogens (tertiary/aromatic N) is 2. The molecule has 1 aromatic heterocycles. The maximum atomic E-state index is 5.84. The van der Waals surface area contributed by atoms with E-state index in [0.717, 1.165) is 40.8 Å². The summed E-state index contributed by atoms with van der Waals surface area (Å²) in [6, 6.07) is 19.1. The lowest BCUT2D eigenvalue weighted by atomic mass is 10.0. The number of ether oxygens (including phenoxy) is 2. The molecule has 142 valence electrons.